The van der Waals surface area contributed by atoms with E-state index in [-0.39, 0.29) is 18.4 Å². The van der Waals surface area contributed by atoms with Gasteiger partial charge in [-0.25, -0.2) is 0 Å². The van der Waals surface area contributed by atoms with Gasteiger partial charge in [0.2, 0.25) is 5.91 Å². The normalized spacial score (nSPS) is 13.8. The molecule has 2 unspecified atom stereocenters. The third kappa shape index (κ3) is 5.49. The van der Waals surface area contributed by atoms with Crippen molar-refractivity contribution in [3.63, 3.8) is 0 Å². The lowest BCUT2D eigenvalue weighted by molar-refractivity contribution is -0.125. The first-order valence-electron chi connectivity index (χ1n) is 6.75. The van der Waals surface area contributed by atoms with Gasteiger partial charge in [0.25, 0.3) is 0 Å². The Morgan fingerprint density at radius 2 is 2.15 bits per heavy atom. The van der Waals surface area contributed by atoms with E-state index in [1.54, 1.807) is 31.4 Å². The molecule has 1 amide bonds. The van der Waals surface area contributed by atoms with E-state index in [4.69, 9.17) is 16.3 Å². The lowest BCUT2D eigenvalue weighted by Gasteiger charge is -2.16. The van der Waals surface area contributed by atoms with Gasteiger partial charge in [-0.15, -0.1) is 0 Å². The molecular formula is C15H22ClNO3. The molecule has 20 heavy (non-hydrogen) atoms. The van der Waals surface area contributed by atoms with Crippen LogP contribution in [0.5, 0.6) is 0 Å². The molecule has 0 aliphatic rings. The van der Waals surface area contributed by atoms with Gasteiger partial charge in [-0.1, -0.05) is 36.7 Å². The van der Waals surface area contributed by atoms with Crippen molar-refractivity contribution in [1.82, 2.24) is 5.32 Å². The SMILES string of the molecule is COCCCC(C)C(=O)NCC(O)c1ccccc1Cl. The number of carbonyl (C=O) groups excluding carboxylic acids is 1. The number of hydrogen-bond acceptors (Lipinski definition) is 3. The maximum Gasteiger partial charge on any atom is 0.222 e. The second-order valence-corrected chi connectivity index (χ2v) is 5.23. The summed E-state index contributed by atoms with van der Waals surface area (Å²) in [5, 5.41) is 13.3. The second kappa shape index (κ2) is 8.95. The Bertz CT molecular complexity index is 425. The highest BCUT2D eigenvalue weighted by Crippen LogP contribution is 2.21. The molecule has 4 nitrogen and oxygen atoms in total. The van der Waals surface area contributed by atoms with Crippen molar-refractivity contribution in [3.05, 3.63) is 34.9 Å². The highest BCUT2D eigenvalue weighted by Gasteiger charge is 2.16. The van der Waals surface area contributed by atoms with Crippen LogP contribution >= 0.6 is 11.6 Å². The summed E-state index contributed by atoms with van der Waals surface area (Å²) in [6.45, 7) is 2.68. The Kier molecular flexibility index (Phi) is 7.59. The first kappa shape index (κ1) is 17.0. The van der Waals surface area contributed by atoms with Crippen molar-refractivity contribution < 1.29 is 14.6 Å². The van der Waals surface area contributed by atoms with E-state index in [0.717, 1.165) is 12.8 Å². The molecule has 2 atom stereocenters. The summed E-state index contributed by atoms with van der Waals surface area (Å²) in [5.41, 5.74) is 0.626. The number of methoxy groups -OCH3 is 1. The minimum Gasteiger partial charge on any atom is -0.387 e. The van der Waals surface area contributed by atoms with E-state index < -0.39 is 6.10 Å². The number of amides is 1. The Hall–Kier alpha value is -1.10. The van der Waals surface area contributed by atoms with Gasteiger partial charge in [-0.2, -0.15) is 0 Å². The molecule has 0 radical (unpaired) electrons. The van der Waals surface area contributed by atoms with Crippen molar-refractivity contribution >= 4 is 17.5 Å². The zero-order valence-corrected chi connectivity index (χ0v) is 12.7. The minimum absolute atomic E-state index is 0.0628. The maximum atomic E-state index is 11.9. The number of rotatable bonds is 8. The smallest absolute Gasteiger partial charge is 0.222 e. The Morgan fingerprint density at radius 3 is 2.80 bits per heavy atom. The average molecular weight is 300 g/mol. The molecule has 1 aromatic rings. The minimum atomic E-state index is -0.793. The number of ether oxygens (including phenoxy) is 1. The molecule has 0 saturated carbocycles. The molecule has 0 fully saturated rings. The van der Waals surface area contributed by atoms with Gasteiger partial charge < -0.3 is 15.2 Å². The molecular weight excluding hydrogens is 278 g/mol. The summed E-state index contributed by atoms with van der Waals surface area (Å²) < 4.78 is 4.95. The van der Waals surface area contributed by atoms with E-state index in [2.05, 4.69) is 5.32 Å². The van der Waals surface area contributed by atoms with Crippen LogP contribution in [0.25, 0.3) is 0 Å². The highest BCUT2D eigenvalue weighted by atomic mass is 35.5. The van der Waals surface area contributed by atoms with E-state index in [1.807, 2.05) is 6.92 Å². The molecule has 5 heteroatoms. The van der Waals surface area contributed by atoms with Crippen LogP contribution in [0.3, 0.4) is 0 Å². The van der Waals surface area contributed by atoms with Crippen LogP contribution in [0, 0.1) is 5.92 Å². The van der Waals surface area contributed by atoms with Crippen molar-refractivity contribution in [2.24, 2.45) is 5.92 Å². The number of carbonyl (C=O) groups is 1. The predicted octanol–water partition coefficient (Wildman–Crippen LogP) is 2.55. The van der Waals surface area contributed by atoms with Gasteiger partial charge in [-0.05, 0) is 18.9 Å². The van der Waals surface area contributed by atoms with E-state index >= 15 is 0 Å². The molecule has 2 N–H and O–H groups in total. The van der Waals surface area contributed by atoms with Crippen LogP contribution in [0.15, 0.2) is 24.3 Å². The molecule has 1 rings (SSSR count). The second-order valence-electron chi connectivity index (χ2n) is 4.82. The maximum absolute atomic E-state index is 11.9. The largest absolute Gasteiger partial charge is 0.387 e. The molecule has 0 aromatic heterocycles. The van der Waals surface area contributed by atoms with Gasteiger partial charge in [-0.3, -0.25) is 4.79 Å². The van der Waals surface area contributed by atoms with Crippen molar-refractivity contribution in [1.29, 1.82) is 0 Å². The monoisotopic (exact) mass is 299 g/mol. The first-order chi connectivity index (χ1) is 9.56. The number of aliphatic hydroxyl groups excluding tert-OH is 1. The molecule has 0 heterocycles. The summed E-state index contributed by atoms with van der Waals surface area (Å²) in [4.78, 5) is 11.9. The molecule has 0 aliphatic heterocycles. The summed E-state index contributed by atoms with van der Waals surface area (Å²) in [7, 11) is 1.64. The number of nitrogens with one attached hydrogen (secondary N) is 1. The number of hydrogen-bond donors (Lipinski definition) is 2. The highest BCUT2D eigenvalue weighted by molar-refractivity contribution is 6.31. The summed E-state index contributed by atoms with van der Waals surface area (Å²) in [6.07, 6.45) is 0.818. The standard InChI is InChI=1S/C15H22ClNO3/c1-11(6-5-9-20-2)15(19)17-10-14(18)12-7-3-4-8-13(12)16/h3-4,7-8,11,14,18H,5-6,9-10H2,1-2H3,(H,17,19). The Labute approximate surface area is 125 Å². The van der Waals surface area contributed by atoms with Gasteiger partial charge in [0.05, 0.1) is 6.10 Å². The summed E-state index contributed by atoms with van der Waals surface area (Å²) in [5.74, 6) is -0.157. The van der Waals surface area contributed by atoms with Crippen LogP contribution in [0.1, 0.15) is 31.4 Å². The number of halogens is 1. The zero-order chi connectivity index (χ0) is 15.0. The van der Waals surface area contributed by atoms with Crippen LogP contribution < -0.4 is 5.32 Å². The zero-order valence-electron chi connectivity index (χ0n) is 11.9. The molecule has 112 valence electrons. The Morgan fingerprint density at radius 1 is 1.45 bits per heavy atom. The quantitative estimate of drug-likeness (QED) is 0.725. The summed E-state index contributed by atoms with van der Waals surface area (Å²) in [6, 6.07) is 7.07. The van der Waals surface area contributed by atoms with Gasteiger partial charge in [0.15, 0.2) is 0 Å². The van der Waals surface area contributed by atoms with Crippen LogP contribution in [0.2, 0.25) is 5.02 Å². The fourth-order valence-corrected chi connectivity index (χ4v) is 2.15. The lowest BCUT2D eigenvalue weighted by Crippen LogP contribution is -2.32. The van der Waals surface area contributed by atoms with Gasteiger partial charge >= 0.3 is 0 Å². The van der Waals surface area contributed by atoms with Crippen molar-refractivity contribution in [3.8, 4) is 0 Å². The molecule has 0 aliphatic carbocycles. The average Bonchev–Trinajstić information content (AvgIpc) is 2.45. The fourth-order valence-electron chi connectivity index (χ4n) is 1.89. The molecule has 0 spiro atoms. The third-order valence-electron chi connectivity index (χ3n) is 3.17. The molecule has 0 saturated heterocycles. The van der Waals surface area contributed by atoms with Gasteiger partial charge in [0, 0.05) is 36.8 Å². The lowest BCUT2D eigenvalue weighted by atomic mass is 10.0. The van der Waals surface area contributed by atoms with Crippen molar-refractivity contribution in [2.75, 3.05) is 20.3 Å². The number of benzene rings is 1. The molecule has 1 aromatic carbocycles. The third-order valence-corrected chi connectivity index (χ3v) is 3.51. The predicted molar refractivity (Wildman–Crippen MR) is 79.7 cm³/mol. The Balaban J connectivity index is 2.39. The number of aliphatic hydroxyl groups is 1. The van der Waals surface area contributed by atoms with Crippen LogP contribution in [-0.2, 0) is 9.53 Å². The molecule has 0 bridgehead atoms. The van der Waals surface area contributed by atoms with E-state index in [9.17, 15) is 9.90 Å². The fraction of sp³-hybridized carbons (Fsp3) is 0.533. The topological polar surface area (TPSA) is 58.6 Å². The van der Waals surface area contributed by atoms with E-state index in [1.165, 1.54) is 0 Å². The van der Waals surface area contributed by atoms with Crippen LogP contribution in [-0.4, -0.2) is 31.3 Å². The summed E-state index contributed by atoms with van der Waals surface area (Å²) >= 11 is 5.99. The van der Waals surface area contributed by atoms with E-state index in [0.29, 0.717) is 17.2 Å². The van der Waals surface area contributed by atoms with Crippen LogP contribution in [0.4, 0.5) is 0 Å². The first-order valence-corrected chi connectivity index (χ1v) is 7.13. The van der Waals surface area contributed by atoms with Gasteiger partial charge in [0.1, 0.15) is 0 Å². The van der Waals surface area contributed by atoms with Crippen molar-refractivity contribution in [2.45, 2.75) is 25.9 Å².